The van der Waals surface area contributed by atoms with Crippen molar-refractivity contribution in [3.05, 3.63) is 43.9 Å². The Balaban J connectivity index is 2.92. The van der Waals surface area contributed by atoms with E-state index in [4.69, 9.17) is 0 Å². The number of rotatable bonds is 0. The van der Waals surface area contributed by atoms with Crippen LogP contribution in [0.3, 0.4) is 0 Å². The maximum atomic E-state index is 3.46. The second-order valence-corrected chi connectivity index (χ2v) is 4.94. The Hall–Kier alpha value is -0.612. The third-order valence-corrected chi connectivity index (χ3v) is 4.48. The van der Waals surface area contributed by atoms with Gasteiger partial charge in [-0.25, -0.2) is 0 Å². The van der Waals surface area contributed by atoms with E-state index < -0.39 is 0 Å². The topological polar surface area (TPSA) is 0 Å². The third kappa shape index (κ3) is 1.21. The average molecular weight is 217 g/mol. The fourth-order valence-corrected chi connectivity index (χ4v) is 3.37. The van der Waals surface area contributed by atoms with E-state index in [1.807, 2.05) is 0 Å². The Morgan fingerprint density at radius 3 is 2.75 bits per heavy atom. The molecule has 12 heavy (non-hydrogen) atoms. The molecule has 0 atom stereocenters. The van der Waals surface area contributed by atoms with Gasteiger partial charge in [-0.2, -0.15) is 0 Å². The molecule has 1 heterocycles. The molecule has 1 heteroatoms. The van der Waals surface area contributed by atoms with E-state index in [0.29, 0.717) is 0 Å². The van der Waals surface area contributed by atoms with E-state index in [1.54, 1.807) is 0 Å². The van der Waals surface area contributed by atoms with E-state index in [-0.39, 0.29) is 15.3 Å². The van der Waals surface area contributed by atoms with Crippen molar-refractivity contribution in [3.8, 4) is 0 Å². The second kappa shape index (κ2) is 3.03. The average Bonchev–Trinajstić information content (AvgIpc) is 2.12. The molecule has 0 saturated carbocycles. The van der Waals surface area contributed by atoms with E-state index in [9.17, 15) is 0 Å². The van der Waals surface area contributed by atoms with Crippen molar-refractivity contribution in [2.75, 3.05) is 0 Å². The van der Waals surface area contributed by atoms with Gasteiger partial charge in [0.05, 0.1) is 0 Å². The summed E-state index contributed by atoms with van der Waals surface area (Å²) in [7, 11) is 0. The molecule has 1 aromatic carbocycles. The number of fused-ring (bicyclic) bond motifs is 1. The van der Waals surface area contributed by atoms with Gasteiger partial charge >= 0.3 is 78.6 Å². The molecule has 0 saturated heterocycles. The van der Waals surface area contributed by atoms with Gasteiger partial charge < -0.3 is 0 Å². The van der Waals surface area contributed by atoms with Gasteiger partial charge in [0.15, 0.2) is 0 Å². The Kier molecular flexibility index (Phi) is 2.02. The van der Waals surface area contributed by atoms with Gasteiger partial charge in [0, 0.05) is 0 Å². The summed E-state index contributed by atoms with van der Waals surface area (Å²) in [6, 6.07) is 8.66. The maximum absolute atomic E-state index is 3.46. The van der Waals surface area contributed by atoms with Crippen LogP contribution in [0.25, 0.3) is 5.57 Å². The summed E-state index contributed by atoms with van der Waals surface area (Å²) < 4.78 is 1.50. The molecule has 1 aliphatic rings. The summed E-state index contributed by atoms with van der Waals surface area (Å²) in [5.74, 6) is 0. The van der Waals surface area contributed by atoms with Crippen LogP contribution in [0.15, 0.2) is 29.8 Å². The third-order valence-electron chi connectivity index (χ3n) is 2.21. The number of allylic oxidation sites excluding steroid dienone is 1. The normalized spacial score (nSPS) is 16.2. The van der Waals surface area contributed by atoms with Crippen LogP contribution in [-0.2, 0) is 0 Å². The van der Waals surface area contributed by atoms with Crippen LogP contribution in [0.1, 0.15) is 13.8 Å². The van der Waals surface area contributed by atoms with Crippen molar-refractivity contribution >= 4 is 20.9 Å². The van der Waals surface area contributed by atoms with Gasteiger partial charge in [-0.15, -0.1) is 0 Å². The van der Waals surface area contributed by atoms with Gasteiger partial charge in [-0.05, 0) is 0 Å². The standard InChI is InChI=1S/C11H10As/c1-8-7-12-11-6-4-3-5-10(11)9(8)2/h3-6H,1-2H3. The molecule has 2 rings (SSSR count). The predicted molar refractivity (Wildman–Crippen MR) is 52.2 cm³/mol. The summed E-state index contributed by atoms with van der Waals surface area (Å²) >= 11 is 0.160. The molecule has 0 spiro atoms. The molecule has 0 N–H and O–H groups in total. The zero-order valence-electron chi connectivity index (χ0n) is 7.26. The van der Waals surface area contributed by atoms with E-state index >= 15 is 0 Å². The van der Waals surface area contributed by atoms with Crippen molar-refractivity contribution in [1.82, 2.24) is 0 Å². The fourth-order valence-electron chi connectivity index (χ4n) is 1.32. The Morgan fingerprint density at radius 2 is 1.92 bits per heavy atom. The Morgan fingerprint density at radius 1 is 1.17 bits per heavy atom. The van der Waals surface area contributed by atoms with Gasteiger partial charge in [-0.1, -0.05) is 0 Å². The van der Waals surface area contributed by atoms with Crippen LogP contribution in [0.5, 0.6) is 0 Å². The molecular weight excluding hydrogens is 207 g/mol. The molecule has 1 radical (unpaired) electrons. The van der Waals surface area contributed by atoms with Crippen LogP contribution in [0.4, 0.5) is 0 Å². The second-order valence-electron chi connectivity index (χ2n) is 2.99. The Bertz CT molecular complexity index is 452. The van der Waals surface area contributed by atoms with E-state index in [0.717, 1.165) is 0 Å². The van der Waals surface area contributed by atoms with Gasteiger partial charge in [-0.3, -0.25) is 0 Å². The van der Waals surface area contributed by atoms with Crippen molar-refractivity contribution in [1.29, 1.82) is 0 Å². The van der Waals surface area contributed by atoms with Crippen molar-refractivity contribution in [2.24, 2.45) is 0 Å². The van der Waals surface area contributed by atoms with Crippen molar-refractivity contribution < 1.29 is 0 Å². The molecule has 59 valence electrons. The molecule has 0 fully saturated rings. The van der Waals surface area contributed by atoms with E-state index in [2.05, 4.69) is 43.0 Å². The van der Waals surface area contributed by atoms with Gasteiger partial charge in [0.2, 0.25) is 0 Å². The molecule has 1 aromatic rings. The molecule has 0 nitrogen and oxygen atoms in total. The molecule has 0 amide bonds. The molecule has 1 aliphatic heterocycles. The van der Waals surface area contributed by atoms with Gasteiger partial charge in [0.1, 0.15) is 0 Å². The van der Waals surface area contributed by atoms with Crippen LogP contribution < -0.4 is 5.22 Å². The van der Waals surface area contributed by atoms with Crippen molar-refractivity contribution in [3.63, 3.8) is 0 Å². The first-order chi connectivity index (χ1) is 5.79. The van der Waals surface area contributed by atoms with Crippen molar-refractivity contribution in [2.45, 2.75) is 13.8 Å². The van der Waals surface area contributed by atoms with Crippen LogP contribution in [0, 0.1) is 8.81 Å². The van der Waals surface area contributed by atoms with E-state index in [1.165, 1.54) is 20.3 Å². The predicted octanol–water partition coefficient (Wildman–Crippen LogP) is 1.53. The first-order valence-electron chi connectivity index (χ1n) is 4.02. The number of hydrogen-bond acceptors (Lipinski definition) is 0. The minimum atomic E-state index is 0.160. The summed E-state index contributed by atoms with van der Waals surface area (Å²) in [4.78, 5) is 3.46. The van der Waals surface area contributed by atoms with Crippen LogP contribution in [-0.4, -0.2) is 15.3 Å². The molecule has 0 aromatic heterocycles. The van der Waals surface area contributed by atoms with Gasteiger partial charge in [0.25, 0.3) is 0 Å². The molecule has 0 aliphatic carbocycles. The summed E-state index contributed by atoms with van der Waals surface area (Å²) in [6.45, 7) is 4.34. The minimum absolute atomic E-state index is 0.160. The zero-order valence-corrected chi connectivity index (χ0v) is 9.13. The van der Waals surface area contributed by atoms with Crippen LogP contribution in [0.2, 0.25) is 0 Å². The molecule has 0 unspecified atom stereocenters. The summed E-state index contributed by atoms with van der Waals surface area (Å²) in [5, 5.41) is 1.44. The summed E-state index contributed by atoms with van der Waals surface area (Å²) in [5.41, 5.74) is 2.74. The monoisotopic (exact) mass is 217 g/mol. The Labute approximate surface area is 78.8 Å². The summed E-state index contributed by atoms with van der Waals surface area (Å²) in [6.07, 6.45) is 0. The SMILES string of the molecule is CC1=[C][As]=c2ccccc2=C1C. The first-order valence-corrected chi connectivity index (χ1v) is 5.90. The molecule has 0 bridgehead atoms. The zero-order chi connectivity index (χ0) is 8.55. The number of benzene rings is 1. The molecular formula is C11H10As. The first kappa shape index (κ1) is 8.01. The number of hydrogen-bond donors (Lipinski definition) is 0. The quantitative estimate of drug-likeness (QED) is 0.578. The fraction of sp³-hybridized carbons (Fsp3) is 0.182. The van der Waals surface area contributed by atoms with Crippen LogP contribution >= 0.6 is 0 Å².